The molecule has 1 aliphatic rings. The van der Waals surface area contributed by atoms with Gasteiger partial charge in [0.1, 0.15) is 5.60 Å². The minimum absolute atomic E-state index is 0.327. The Kier molecular flexibility index (Phi) is 6.39. The Morgan fingerprint density at radius 3 is 2.70 bits per heavy atom. The number of ether oxygens (including phenoxy) is 1. The van der Waals surface area contributed by atoms with Gasteiger partial charge in [-0.05, 0) is 71.8 Å². The summed E-state index contributed by atoms with van der Waals surface area (Å²) >= 11 is 0. The number of likely N-dealkylation sites (tertiary alicyclic amines) is 1. The lowest BCUT2D eigenvalue weighted by Gasteiger charge is -2.31. The van der Waals surface area contributed by atoms with Gasteiger partial charge in [0.2, 0.25) is 0 Å². The third kappa shape index (κ3) is 6.57. The summed E-state index contributed by atoms with van der Waals surface area (Å²) in [7, 11) is 0. The summed E-state index contributed by atoms with van der Waals surface area (Å²) in [4.78, 5) is 18.5. The van der Waals surface area contributed by atoms with Gasteiger partial charge in [0.25, 0.3) is 0 Å². The number of hydrogen-bond acceptors (Lipinski definition) is 4. The van der Waals surface area contributed by atoms with E-state index in [1.807, 2.05) is 33.0 Å². The van der Waals surface area contributed by atoms with Crippen molar-refractivity contribution in [1.82, 2.24) is 15.2 Å². The number of nitrogens with one attached hydrogen (secondary N) is 1. The number of rotatable bonds is 5. The van der Waals surface area contributed by atoms with Gasteiger partial charge in [-0.2, -0.15) is 0 Å². The standard InChI is InChI=1S/C18H29N3O2/c1-18(2,3)23-17(22)20-11-6-12-21-13-8-15(9-14-21)16-7-4-5-10-19-16/h4-5,7,10,15H,6,8-9,11-14H2,1-3H3,(H,20,22). The SMILES string of the molecule is CC(C)(C)OC(=O)NCCCN1CCC(c2ccccn2)CC1. The van der Waals surface area contributed by atoms with E-state index in [0.29, 0.717) is 12.5 Å². The van der Waals surface area contributed by atoms with Crippen molar-refractivity contribution in [2.45, 2.75) is 51.6 Å². The predicted octanol–water partition coefficient (Wildman–Crippen LogP) is 3.18. The molecule has 0 aromatic carbocycles. The van der Waals surface area contributed by atoms with E-state index in [2.05, 4.69) is 27.3 Å². The molecular formula is C18H29N3O2. The molecule has 1 aliphatic heterocycles. The largest absolute Gasteiger partial charge is 0.444 e. The third-order valence-electron chi connectivity index (χ3n) is 4.01. The van der Waals surface area contributed by atoms with E-state index >= 15 is 0 Å². The van der Waals surface area contributed by atoms with Crippen molar-refractivity contribution >= 4 is 6.09 Å². The summed E-state index contributed by atoms with van der Waals surface area (Å²) in [6, 6.07) is 6.17. The van der Waals surface area contributed by atoms with Crippen LogP contribution in [0.5, 0.6) is 0 Å². The van der Waals surface area contributed by atoms with Gasteiger partial charge in [-0.3, -0.25) is 4.98 Å². The number of carbonyl (C=O) groups is 1. The Hall–Kier alpha value is -1.62. The van der Waals surface area contributed by atoms with Crippen LogP contribution in [-0.4, -0.2) is 47.8 Å². The molecule has 1 amide bonds. The number of pyridine rings is 1. The molecule has 1 fully saturated rings. The highest BCUT2D eigenvalue weighted by Crippen LogP contribution is 2.26. The van der Waals surface area contributed by atoms with Crippen molar-refractivity contribution in [2.75, 3.05) is 26.2 Å². The second-order valence-corrected chi connectivity index (χ2v) is 7.15. The molecule has 1 N–H and O–H groups in total. The number of nitrogens with zero attached hydrogens (tertiary/aromatic N) is 2. The fourth-order valence-corrected chi connectivity index (χ4v) is 2.88. The van der Waals surface area contributed by atoms with Crippen LogP contribution in [0.4, 0.5) is 4.79 Å². The van der Waals surface area contributed by atoms with Crippen LogP contribution >= 0.6 is 0 Å². The maximum absolute atomic E-state index is 11.6. The first kappa shape index (κ1) is 17.7. The van der Waals surface area contributed by atoms with Gasteiger partial charge in [0.15, 0.2) is 0 Å². The molecule has 0 saturated carbocycles. The fraction of sp³-hybridized carbons (Fsp3) is 0.667. The number of amides is 1. The van der Waals surface area contributed by atoms with Gasteiger partial charge in [0, 0.05) is 24.4 Å². The van der Waals surface area contributed by atoms with Crippen molar-refractivity contribution in [3.05, 3.63) is 30.1 Å². The minimum Gasteiger partial charge on any atom is -0.444 e. The van der Waals surface area contributed by atoms with Crippen molar-refractivity contribution in [3.8, 4) is 0 Å². The van der Waals surface area contributed by atoms with Crippen molar-refractivity contribution in [3.63, 3.8) is 0 Å². The normalized spacial score (nSPS) is 17.0. The highest BCUT2D eigenvalue weighted by Gasteiger charge is 2.21. The van der Waals surface area contributed by atoms with E-state index in [0.717, 1.165) is 38.9 Å². The number of aromatic nitrogens is 1. The van der Waals surface area contributed by atoms with Crippen LogP contribution < -0.4 is 5.32 Å². The molecular weight excluding hydrogens is 290 g/mol. The zero-order valence-electron chi connectivity index (χ0n) is 14.5. The van der Waals surface area contributed by atoms with E-state index < -0.39 is 5.60 Å². The van der Waals surface area contributed by atoms with E-state index in [1.54, 1.807) is 0 Å². The van der Waals surface area contributed by atoms with Gasteiger partial charge >= 0.3 is 6.09 Å². The molecule has 0 bridgehead atoms. The zero-order valence-corrected chi connectivity index (χ0v) is 14.5. The first-order valence-corrected chi connectivity index (χ1v) is 8.54. The molecule has 2 heterocycles. The fourth-order valence-electron chi connectivity index (χ4n) is 2.88. The minimum atomic E-state index is -0.433. The smallest absolute Gasteiger partial charge is 0.407 e. The molecule has 1 saturated heterocycles. The molecule has 5 heteroatoms. The number of carbonyl (C=O) groups excluding carboxylic acids is 1. The highest BCUT2D eigenvalue weighted by atomic mass is 16.6. The van der Waals surface area contributed by atoms with Gasteiger partial charge < -0.3 is 15.0 Å². The quantitative estimate of drug-likeness (QED) is 0.847. The first-order valence-electron chi connectivity index (χ1n) is 8.54. The van der Waals surface area contributed by atoms with Crippen LogP contribution in [0.3, 0.4) is 0 Å². The van der Waals surface area contributed by atoms with Crippen LogP contribution in [0.15, 0.2) is 24.4 Å². The van der Waals surface area contributed by atoms with Crippen molar-refractivity contribution in [2.24, 2.45) is 0 Å². The Bertz CT molecular complexity index is 477. The maximum atomic E-state index is 11.6. The summed E-state index contributed by atoms with van der Waals surface area (Å²) in [6.07, 6.45) is 4.83. The summed E-state index contributed by atoms with van der Waals surface area (Å²) < 4.78 is 5.22. The van der Waals surface area contributed by atoms with Crippen LogP contribution in [0.1, 0.15) is 51.6 Å². The molecule has 5 nitrogen and oxygen atoms in total. The second kappa shape index (κ2) is 8.29. The number of hydrogen-bond donors (Lipinski definition) is 1. The van der Waals surface area contributed by atoms with Gasteiger partial charge in [0.05, 0.1) is 0 Å². The van der Waals surface area contributed by atoms with E-state index in [-0.39, 0.29) is 6.09 Å². The molecule has 0 unspecified atom stereocenters. The molecule has 2 rings (SSSR count). The van der Waals surface area contributed by atoms with Crippen LogP contribution in [0.2, 0.25) is 0 Å². The first-order chi connectivity index (χ1) is 10.9. The molecule has 0 spiro atoms. The summed E-state index contributed by atoms with van der Waals surface area (Å²) in [5.41, 5.74) is 0.788. The lowest BCUT2D eigenvalue weighted by atomic mass is 9.93. The van der Waals surface area contributed by atoms with Crippen LogP contribution in [0, 0.1) is 0 Å². The van der Waals surface area contributed by atoms with E-state index in [1.165, 1.54) is 5.69 Å². The van der Waals surface area contributed by atoms with Crippen molar-refractivity contribution in [1.29, 1.82) is 0 Å². The van der Waals surface area contributed by atoms with E-state index in [4.69, 9.17) is 4.74 Å². The average Bonchev–Trinajstić information content (AvgIpc) is 2.51. The molecule has 0 atom stereocenters. The topological polar surface area (TPSA) is 54.5 Å². The Balaban J connectivity index is 1.59. The zero-order chi connectivity index (χ0) is 16.7. The van der Waals surface area contributed by atoms with Crippen LogP contribution in [-0.2, 0) is 4.74 Å². The van der Waals surface area contributed by atoms with Crippen LogP contribution in [0.25, 0.3) is 0 Å². The lowest BCUT2D eigenvalue weighted by Crippen LogP contribution is -2.37. The summed E-state index contributed by atoms with van der Waals surface area (Å²) in [6.45, 7) is 9.51. The van der Waals surface area contributed by atoms with Gasteiger partial charge in [-0.25, -0.2) is 4.79 Å². The van der Waals surface area contributed by atoms with Gasteiger partial charge in [-0.15, -0.1) is 0 Å². The Labute approximate surface area is 139 Å². The van der Waals surface area contributed by atoms with E-state index in [9.17, 15) is 4.79 Å². The Morgan fingerprint density at radius 2 is 2.09 bits per heavy atom. The molecule has 1 aromatic rings. The lowest BCUT2D eigenvalue weighted by molar-refractivity contribution is 0.0525. The molecule has 23 heavy (non-hydrogen) atoms. The Morgan fingerprint density at radius 1 is 1.35 bits per heavy atom. The molecule has 1 aromatic heterocycles. The second-order valence-electron chi connectivity index (χ2n) is 7.15. The molecule has 128 valence electrons. The summed E-state index contributed by atoms with van der Waals surface area (Å²) in [5.74, 6) is 0.590. The highest BCUT2D eigenvalue weighted by molar-refractivity contribution is 5.67. The average molecular weight is 319 g/mol. The predicted molar refractivity (Wildman–Crippen MR) is 91.5 cm³/mol. The monoisotopic (exact) mass is 319 g/mol. The van der Waals surface area contributed by atoms with Crippen molar-refractivity contribution < 1.29 is 9.53 Å². The molecule has 0 aliphatic carbocycles. The van der Waals surface area contributed by atoms with Gasteiger partial charge in [-0.1, -0.05) is 6.07 Å². The maximum Gasteiger partial charge on any atom is 0.407 e. The third-order valence-corrected chi connectivity index (χ3v) is 4.01. The number of piperidine rings is 1. The number of alkyl carbamates (subject to hydrolysis) is 1. The summed E-state index contributed by atoms with van der Waals surface area (Å²) in [5, 5.41) is 2.82. The molecule has 0 radical (unpaired) electrons.